The number of methoxy groups -OCH3 is 1. The maximum atomic E-state index is 14.2. The smallest absolute Gasteiger partial charge is 0.337 e. The van der Waals surface area contributed by atoms with Crippen LogP contribution >= 0.6 is 12.4 Å². The SMILES string of the molecule is COC(=O)c1ccc(CNC(=O)N2CCNCC2c2ccccc2)c(F)c1.Cl. The van der Waals surface area contributed by atoms with Gasteiger partial charge in [0.25, 0.3) is 0 Å². The summed E-state index contributed by atoms with van der Waals surface area (Å²) in [5, 5.41) is 6.07. The summed E-state index contributed by atoms with van der Waals surface area (Å²) in [5.74, 6) is -1.16. The number of carbonyl (C=O) groups excluding carboxylic acids is 2. The molecule has 2 N–H and O–H groups in total. The molecule has 1 atom stereocenters. The summed E-state index contributed by atoms with van der Waals surface area (Å²) in [6.07, 6.45) is 0. The molecule has 1 heterocycles. The second-order valence-corrected chi connectivity index (χ2v) is 6.28. The van der Waals surface area contributed by atoms with E-state index in [-0.39, 0.29) is 36.6 Å². The van der Waals surface area contributed by atoms with Gasteiger partial charge in [-0.3, -0.25) is 0 Å². The fraction of sp³-hybridized carbons (Fsp3) is 0.300. The summed E-state index contributed by atoms with van der Waals surface area (Å²) in [6.45, 7) is 1.98. The molecule has 150 valence electrons. The van der Waals surface area contributed by atoms with Crippen molar-refractivity contribution in [1.29, 1.82) is 0 Å². The highest BCUT2D eigenvalue weighted by Crippen LogP contribution is 2.22. The lowest BCUT2D eigenvalue weighted by Gasteiger charge is -2.36. The molecule has 6 nitrogen and oxygen atoms in total. The van der Waals surface area contributed by atoms with Crippen LogP contribution in [0.25, 0.3) is 0 Å². The van der Waals surface area contributed by atoms with Gasteiger partial charge in [-0.05, 0) is 17.7 Å². The number of benzene rings is 2. The molecule has 0 spiro atoms. The molecule has 1 saturated heterocycles. The largest absolute Gasteiger partial charge is 0.465 e. The van der Waals surface area contributed by atoms with Crippen LogP contribution in [0.3, 0.4) is 0 Å². The van der Waals surface area contributed by atoms with E-state index in [0.717, 1.165) is 11.6 Å². The number of rotatable bonds is 4. The third-order valence-corrected chi connectivity index (χ3v) is 4.59. The number of esters is 1. The van der Waals surface area contributed by atoms with Crippen LogP contribution in [0.2, 0.25) is 0 Å². The number of nitrogens with zero attached hydrogens (tertiary/aromatic N) is 1. The molecule has 1 fully saturated rings. The van der Waals surface area contributed by atoms with E-state index in [4.69, 9.17) is 0 Å². The van der Waals surface area contributed by atoms with Crippen LogP contribution in [-0.2, 0) is 11.3 Å². The molecule has 0 aliphatic carbocycles. The highest BCUT2D eigenvalue weighted by molar-refractivity contribution is 5.89. The number of carbonyl (C=O) groups is 2. The van der Waals surface area contributed by atoms with Crippen LogP contribution < -0.4 is 10.6 Å². The maximum Gasteiger partial charge on any atom is 0.337 e. The van der Waals surface area contributed by atoms with Crippen LogP contribution in [-0.4, -0.2) is 43.6 Å². The van der Waals surface area contributed by atoms with E-state index in [1.54, 1.807) is 4.90 Å². The van der Waals surface area contributed by atoms with Gasteiger partial charge < -0.3 is 20.3 Å². The Labute approximate surface area is 169 Å². The minimum atomic E-state index is -0.601. The summed E-state index contributed by atoms with van der Waals surface area (Å²) in [4.78, 5) is 25.9. The van der Waals surface area contributed by atoms with Crippen LogP contribution in [0.5, 0.6) is 0 Å². The number of hydrogen-bond donors (Lipinski definition) is 2. The zero-order valence-corrected chi connectivity index (χ0v) is 16.3. The van der Waals surface area contributed by atoms with Gasteiger partial charge in [-0.2, -0.15) is 0 Å². The Morgan fingerprint density at radius 3 is 2.68 bits per heavy atom. The number of piperazine rings is 1. The first kappa shape index (κ1) is 21.7. The molecule has 2 aromatic carbocycles. The minimum absolute atomic E-state index is 0. The molecule has 0 saturated carbocycles. The second kappa shape index (κ2) is 10.1. The fourth-order valence-electron chi connectivity index (χ4n) is 3.13. The lowest BCUT2D eigenvalue weighted by molar-refractivity contribution is 0.0600. The molecule has 1 unspecified atom stereocenters. The topological polar surface area (TPSA) is 70.7 Å². The fourth-order valence-corrected chi connectivity index (χ4v) is 3.13. The third-order valence-electron chi connectivity index (χ3n) is 4.59. The molecule has 3 rings (SSSR count). The molecular weight excluding hydrogens is 385 g/mol. The van der Waals surface area contributed by atoms with E-state index < -0.39 is 11.8 Å². The average Bonchev–Trinajstić information content (AvgIpc) is 2.72. The predicted octanol–water partition coefficient (Wildman–Crippen LogP) is 2.89. The van der Waals surface area contributed by atoms with E-state index in [0.29, 0.717) is 25.2 Å². The van der Waals surface area contributed by atoms with E-state index >= 15 is 0 Å². The van der Waals surface area contributed by atoms with Crippen LogP contribution in [0.1, 0.15) is 27.5 Å². The molecule has 0 bridgehead atoms. The van der Waals surface area contributed by atoms with Crippen molar-refractivity contribution in [3.63, 3.8) is 0 Å². The zero-order valence-electron chi connectivity index (χ0n) is 15.5. The van der Waals surface area contributed by atoms with Crippen molar-refractivity contribution in [3.05, 3.63) is 71.0 Å². The molecule has 0 aromatic heterocycles. The Hall–Kier alpha value is -2.64. The number of amides is 2. The lowest BCUT2D eigenvalue weighted by atomic mass is 10.0. The van der Waals surface area contributed by atoms with Gasteiger partial charge in [-0.25, -0.2) is 14.0 Å². The summed E-state index contributed by atoms with van der Waals surface area (Å²) in [7, 11) is 1.24. The van der Waals surface area contributed by atoms with Crippen LogP contribution in [0.4, 0.5) is 9.18 Å². The highest BCUT2D eigenvalue weighted by atomic mass is 35.5. The zero-order chi connectivity index (χ0) is 19.2. The quantitative estimate of drug-likeness (QED) is 0.764. The van der Waals surface area contributed by atoms with Crippen molar-refractivity contribution in [2.75, 3.05) is 26.7 Å². The standard InChI is InChI=1S/C20H22FN3O3.ClH/c1-27-19(25)15-7-8-16(17(21)11-15)12-23-20(26)24-10-9-22-13-18(24)14-5-3-2-4-6-14;/h2-8,11,18,22H,9-10,12-13H2,1H3,(H,23,26);1H. The molecule has 1 aliphatic heterocycles. The number of ether oxygens (including phenoxy) is 1. The number of halogens is 2. The number of nitrogens with one attached hydrogen (secondary N) is 2. The highest BCUT2D eigenvalue weighted by Gasteiger charge is 2.27. The van der Waals surface area contributed by atoms with E-state index in [1.807, 2.05) is 30.3 Å². The van der Waals surface area contributed by atoms with Gasteiger partial charge >= 0.3 is 12.0 Å². The van der Waals surface area contributed by atoms with Gasteiger partial charge in [-0.15, -0.1) is 12.4 Å². The van der Waals surface area contributed by atoms with Crippen molar-refractivity contribution < 1.29 is 18.7 Å². The average molecular weight is 408 g/mol. The third kappa shape index (κ3) is 4.99. The Kier molecular flexibility index (Phi) is 7.78. The number of urea groups is 1. The minimum Gasteiger partial charge on any atom is -0.465 e. The maximum absolute atomic E-state index is 14.2. The second-order valence-electron chi connectivity index (χ2n) is 6.28. The summed E-state index contributed by atoms with van der Waals surface area (Å²) >= 11 is 0. The Morgan fingerprint density at radius 1 is 1.25 bits per heavy atom. The molecule has 1 aliphatic rings. The Morgan fingerprint density at radius 2 is 2.00 bits per heavy atom. The lowest BCUT2D eigenvalue weighted by Crippen LogP contribution is -2.51. The molecule has 2 aromatic rings. The molecule has 8 heteroatoms. The van der Waals surface area contributed by atoms with Crippen LogP contribution in [0, 0.1) is 5.82 Å². The molecule has 2 amide bonds. The Balaban J connectivity index is 0.00000280. The summed E-state index contributed by atoms with van der Waals surface area (Å²) < 4.78 is 18.8. The van der Waals surface area contributed by atoms with Gasteiger partial charge in [-0.1, -0.05) is 36.4 Å². The van der Waals surface area contributed by atoms with Crippen molar-refractivity contribution in [2.24, 2.45) is 0 Å². The van der Waals surface area contributed by atoms with Gasteiger partial charge in [0.15, 0.2) is 0 Å². The van der Waals surface area contributed by atoms with E-state index in [2.05, 4.69) is 15.4 Å². The molecule has 0 radical (unpaired) electrons. The first-order chi connectivity index (χ1) is 13.1. The monoisotopic (exact) mass is 407 g/mol. The predicted molar refractivity (Wildman–Crippen MR) is 106 cm³/mol. The first-order valence-electron chi connectivity index (χ1n) is 8.77. The van der Waals surface area contributed by atoms with Gasteiger partial charge in [0, 0.05) is 31.7 Å². The molecular formula is C20H23ClFN3O3. The van der Waals surface area contributed by atoms with Crippen molar-refractivity contribution >= 4 is 24.4 Å². The number of hydrogen-bond acceptors (Lipinski definition) is 4. The Bertz CT molecular complexity index is 820. The molecule has 28 heavy (non-hydrogen) atoms. The van der Waals surface area contributed by atoms with Gasteiger partial charge in [0.1, 0.15) is 5.82 Å². The van der Waals surface area contributed by atoms with E-state index in [1.165, 1.54) is 19.2 Å². The van der Waals surface area contributed by atoms with Crippen molar-refractivity contribution in [3.8, 4) is 0 Å². The van der Waals surface area contributed by atoms with Crippen molar-refractivity contribution in [1.82, 2.24) is 15.5 Å². The van der Waals surface area contributed by atoms with Gasteiger partial charge in [0.05, 0.1) is 18.7 Å². The summed E-state index contributed by atoms with van der Waals surface area (Å²) in [5.41, 5.74) is 1.49. The van der Waals surface area contributed by atoms with E-state index in [9.17, 15) is 14.0 Å². The first-order valence-corrected chi connectivity index (χ1v) is 8.77. The van der Waals surface area contributed by atoms with Crippen molar-refractivity contribution in [2.45, 2.75) is 12.6 Å². The van der Waals surface area contributed by atoms with Gasteiger partial charge in [0.2, 0.25) is 0 Å². The van der Waals surface area contributed by atoms with Crippen LogP contribution in [0.15, 0.2) is 48.5 Å². The normalized spacial score (nSPS) is 16.1. The summed E-state index contributed by atoms with van der Waals surface area (Å²) in [6, 6.07) is 13.6.